The number of likely N-dealkylation sites (tertiary alicyclic amines) is 1. The number of nitrogens with one attached hydrogen (secondary N) is 4. The summed E-state index contributed by atoms with van der Waals surface area (Å²) in [6.07, 6.45) is 2.40. The van der Waals surface area contributed by atoms with E-state index in [2.05, 4.69) is 21.3 Å². The molecule has 1 heterocycles. The van der Waals surface area contributed by atoms with E-state index in [4.69, 9.17) is 5.73 Å². The molecular formula is C33H52N6O6. The number of nitrogens with two attached hydrogens (primary N) is 1. The molecule has 12 heteroatoms. The lowest BCUT2D eigenvalue weighted by atomic mass is 9.94. The van der Waals surface area contributed by atoms with E-state index in [0.717, 1.165) is 5.56 Å². The van der Waals surface area contributed by atoms with Crippen LogP contribution in [0.2, 0.25) is 0 Å². The van der Waals surface area contributed by atoms with Crippen molar-refractivity contribution in [2.75, 3.05) is 6.54 Å². The van der Waals surface area contributed by atoms with E-state index in [1.807, 2.05) is 58.0 Å². The number of benzene rings is 1. The van der Waals surface area contributed by atoms with Gasteiger partial charge in [-0.15, -0.1) is 0 Å². The van der Waals surface area contributed by atoms with Gasteiger partial charge in [0.05, 0.1) is 0 Å². The summed E-state index contributed by atoms with van der Waals surface area (Å²) < 4.78 is 0. The number of primary amides is 1. The van der Waals surface area contributed by atoms with Gasteiger partial charge in [0.25, 0.3) is 0 Å². The van der Waals surface area contributed by atoms with Gasteiger partial charge in [-0.3, -0.25) is 28.8 Å². The monoisotopic (exact) mass is 628 g/mol. The second-order valence-corrected chi connectivity index (χ2v) is 12.5. The molecule has 1 aromatic carbocycles. The first-order valence-corrected chi connectivity index (χ1v) is 16.0. The smallest absolute Gasteiger partial charge is 0.246 e. The van der Waals surface area contributed by atoms with Crippen molar-refractivity contribution in [1.82, 2.24) is 26.2 Å². The fourth-order valence-electron chi connectivity index (χ4n) is 5.50. The van der Waals surface area contributed by atoms with Crippen molar-refractivity contribution in [1.29, 1.82) is 0 Å². The molecule has 12 nitrogen and oxygen atoms in total. The van der Waals surface area contributed by atoms with Crippen LogP contribution >= 0.6 is 0 Å². The number of hydrogen-bond donors (Lipinski definition) is 5. The van der Waals surface area contributed by atoms with E-state index in [0.29, 0.717) is 32.2 Å². The van der Waals surface area contributed by atoms with Crippen LogP contribution in [0.5, 0.6) is 0 Å². The predicted molar refractivity (Wildman–Crippen MR) is 171 cm³/mol. The van der Waals surface area contributed by atoms with E-state index in [1.165, 1.54) is 11.8 Å². The molecule has 1 saturated heterocycles. The molecule has 250 valence electrons. The number of hydrogen-bond acceptors (Lipinski definition) is 6. The van der Waals surface area contributed by atoms with Gasteiger partial charge in [0.15, 0.2) is 0 Å². The van der Waals surface area contributed by atoms with Crippen molar-refractivity contribution in [2.24, 2.45) is 23.5 Å². The molecule has 0 unspecified atom stereocenters. The molecule has 0 saturated carbocycles. The fourth-order valence-corrected chi connectivity index (χ4v) is 5.50. The molecule has 0 radical (unpaired) electrons. The Bertz CT molecular complexity index is 1190. The summed E-state index contributed by atoms with van der Waals surface area (Å²) in [6.45, 7) is 12.6. The quantitative estimate of drug-likeness (QED) is 0.185. The molecule has 2 rings (SSSR count). The van der Waals surface area contributed by atoms with Gasteiger partial charge in [-0.2, -0.15) is 0 Å². The second kappa shape index (κ2) is 17.5. The maximum Gasteiger partial charge on any atom is 0.246 e. The maximum absolute atomic E-state index is 13.7. The summed E-state index contributed by atoms with van der Waals surface area (Å²) in [7, 11) is 0. The summed E-state index contributed by atoms with van der Waals surface area (Å²) in [5.74, 6) is -3.73. The first-order chi connectivity index (χ1) is 21.2. The molecule has 0 spiro atoms. The molecule has 7 atom stereocenters. The number of nitrogens with zero attached hydrogens (tertiary/aromatic N) is 1. The van der Waals surface area contributed by atoms with Crippen LogP contribution in [0.25, 0.3) is 0 Å². The van der Waals surface area contributed by atoms with Gasteiger partial charge in [0, 0.05) is 19.9 Å². The molecule has 0 aromatic heterocycles. The van der Waals surface area contributed by atoms with E-state index >= 15 is 0 Å². The van der Waals surface area contributed by atoms with Crippen LogP contribution in [0.15, 0.2) is 30.3 Å². The molecule has 45 heavy (non-hydrogen) atoms. The van der Waals surface area contributed by atoms with Crippen LogP contribution in [-0.2, 0) is 35.2 Å². The van der Waals surface area contributed by atoms with E-state index in [1.54, 1.807) is 13.8 Å². The summed E-state index contributed by atoms with van der Waals surface area (Å²) in [5.41, 5.74) is 6.36. The Balaban J connectivity index is 2.25. The Morgan fingerprint density at radius 2 is 1.36 bits per heavy atom. The summed E-state index contributed by atoms with van der Waals surface area (Å²) in [6, 6.07) is 4.80. The van der Waals surface area contributed by atoms with Gasteiger partial charge in [-0.05, 0) is 36.2 Å². The van der Waals surface area contributed by atoms with Crippen molar-refractivity contribution in [3.63, 3.8) is 0 Å². The van der Waals surface area contributed by atoms with Gasteiger partial charge in [-0.25, -0.2) is 0 Å². The van der Waals surface area contributed by atoms with Crippen molar-refractivity contribution in [3.8, 4) is 0 Å². The van der Waals surface area contributed by atoms with Crippen LogP contribution in [0.4, 0.5) is 0 Å². The van der Waals surface area contributed by atoms with Crippen LogP contribution in [0.3, 0.4) is 0 Å². The minimum atomic E-state index is -0.980. The molecule has 1 aliphatic heterocycles. The molecule has 0 bridgehead atoms. The summed E-state index contributed by atoms with van der Waals surface area (Å²) in [4.78, 5) is 79.8. The summed E-state index contributed by atoms with van der Waals surface area (Å²) in [5, 5.41) is 11.1. The average Bonchev–Trinajstić information content (AvgIpc) is 3.49. The largest absolute Gasteiger partial charge is 0.368 e. The number of carbonyl (C=O) groups is 6. The summed E-state index contributed by atoms with van der Waals surface area (Å²) >= 11 is 0. The highest BCUT2D eigenvalue weighted by Gasteiger charge is 2.40. The van der Waals surface area contributed by atoms with Gasteiger partial charge in [-0.1, -0.05) is 84.7 Å². The molecule has 1 aliphatic rings. The lowest BCUT2D eigenvalue weighted by Crippen LogP contribution is -2.61. The van der Waals surface area contributed by atoms with Crippen molar-refractivity contribution < 1.29 is 28.8 Å². The Morgan fingerprint density at radius 3 is 1.84 bits per heavy atom. The SMILES string of the molecule is CC[C@H](C)[C@H](NC(=O)[C@@H](NC(=O)[C@@H]1CCCN1C(=O)[C@H](Cc1ccccc1)NC(C)=O)[C@@H](C)CC)C(=O)N[C@H](C(N)=O)C(C)C. The highest BCUT2D eigenvalue weighted by atomic mass is 16.2. The minimum Gasteiger partial charge on any atom is -0.368 e. The first kappa shape index (κ1) is 37.2. The Kier molecular flexibility index (Phi) is 14.5. The van der Waals surface area contributed by atoms with Gasteiger partial charge in [0.2, 0.25) is 35.4 Å². The Labute approximate surface area is 267 Å². The minimum absolute atomic E-state index is 0.248. The van der Waals surface area contributed by atoms with Crippen molar-refractivity contribution >= 4 is 35.4 Å². The third kappa shape index (κ3) is 10.6. The lowest BCUT2D eigenvalue weighted by molar-refractivity contribution is -0.142. The van der Waals surface area contributed by atoms with E-state index < -0.39 is 53.8 Å². The molecule has 6 N–H and O–H groups in total. The third-order valence-electron chi connectivity index (χ3n) is 8.65. The van der Waals surface area contributed by atoms with Crippen molar-refractivity contribution in [3.05, 3.63) is 35.9 Å². The molecule has 1 fully saturated rings. The fraction of sp³-hybridized carbons (Fsp3) is 0.636. The Hall–Kier alpha value is -3.96. The number of amides is 6. The normalized spacial score (nSPS) is 18.6. The van der Waals surface area contributed by atoms with E-state index in [-0.39, 0.29) is 36.0 Å². The van der Waals surface area contributed by atoms with Gasteiger partial charge >= 0.3 is 0 Å². The predicted octanol–water partition coefficient (Wildman–Crippen LogP) is 1.41. The molecule has 0 aliphatic carbocycles. The zero-order valence-electron chi connectivity index (χ0n) is 27.7. The second-order valence-electron chi connectivity index (χ2n) is 12.5. The van der Waals surface area contributed by atoms with E-state index in [9.17, 15) is 28.8 Å². The van der Waals surface area contributed by atoms with Crippen molar-refractivity contribution in [2.45, 2.75) is 111 Å². The third-order valence-corrected chi connectivity index (χ3v) is 8.65. The zero-order chi connectivity index (χ0) is 33.8. The molecular weight excluding hydrogens is 576 g/mol. The highest BCUT2D eigenvalue weighted by Crippen LogP contribution is 2.21. The first-order valence-electron chi connectivity index (χ1n) is 16.0. The average molecular weight is 629 g/mol. The van der Waals surface area contributed by atoms with Crippen LogP contribution in [-0.4, -0.2) is 77.1 Å². The maximum atomic E-state index is 13.7. The molecule has 6 amide bonds. The highest BCUT2D eigenvalue weighted by molar-refractivity contribution is 5.96. The van der Waals surface area contributed by atoms with Gasteiger partial charge in [0.1, 0.15) is 30.2 Å². The number of carbonyl (C=O) groups excluding carboxylic acids is 6. The molecule has 1 aromatic rings. The van der Waals surface area contributed by atoms with Crippen LogP contribution < -0.4 is 27.0 Å². The van der Waals surface area contributed by atoms with Gasteiger partial charge < -0.3 is 31.9 Å². The van der Waals surface area contributed by atoms with Crippen LogP contribution in [0.1, 0.15) is 79.7 Å². The van der Waals surface area contributed by atoms with Crippen LogP contribution in [0, 0.1) is 17.8 Å². The lowest BCUT2D eigenvalue weighted by Gasteiger charge is -2.32. The zero-order valence-corrected chi connectivity index (χ0v) is 27.7. The number of rotatable bonds is 16. The topological polar surface area (TPSA) is 180 Å². The Morgan fingerprint density at radius 1 is 0.822 bits per heavy atom. The standard InChI is InChI=1S/C33H52N6O6/c1-8-20(5)27(32(44)38-28(21(6)9-2)31(43)36-26(19(3)4)29(34)41)37-30(42)25-16-13-17-39(25)33(45)24(35-22(7)40)18-23-14-11-10-12-15-23/h10-12,14-15,19-21,24-28H,8-9,13,16-18H2,1-7H3,(H2,34,41)(H,35,40)(H,36,43)(H,37,42)(H,38,44)/t20-,21-,24-,25-,26-,27-,28-/m0/s1.